The Morgan fingerprint density at radius 3 is 2.53 bits per heavy atom. The molecule has 0 spiro atoms. The number of halogens is 1. The predicted molar refractivity (Wildman–Crippen MR) is 71.6 cm³/mol. The summed E-state index contributed by atoms with van der Waals surface area (Å²) in [5.41, 5.74) is 3.85. The Hall–Kier alpha value is -0.500. The van der Waals surface area contributed by atoms with Gasteiger partial charge in [0, 0.05) is 10.5 Å². The molecule has 1 N–H and O–H groups in total. The first-order valence-electron chi connectivity index (χ1n) is 5.58. The summed E-state index contributed by atoms with van der Waals surface area (Å²) in [6.07, 6.45) is 2.43. The van der Waals surface area contributed by atoms with Crippen LogP contribution in [0.5, 0.6) is 0 Å². The van der Waals surface area contributed by atoms with E-state index >= 15 is 0 Å². The summed E-state index contributed by atoms with van der Waals surface area (Å²) in [5.74, 6) is 0. The van der Waals surface area contributed by atoms with E-state index in [4.69, 9.17) is 0 Å². The third-order valence-electron chi connectivity index (χ3n) is 2.54. The summed E-state index contributed by atoms with van der Waals surface area (Å²) < 4.78 is 1.17. The minimum absolute atomic E-state index is 0.535. The van der Waals surface area contributed by atoms with E-state index in [2.05, 4.69) is 61.1 Å². The summed E-state index contributed by atoms with van der Waals surface area (Å²) in [6, 6.07) is 4.91. The van der Waals surface area contributed by atoms with Gasteiger partial charge < -0.3 is 5.32 Å². The maximum Gasteiger partial charge on any atom is 0.0516 e. The summed E-state index contributed by atoms with van der Waals surface area (Å²) in [6.45, 7) is 8.72. The van der Waals surface area contributed by atoms with Crippen molar-refractivity contribution in [1.82, 2.24) is 0 Å². The number of hydrogen-bond acceptors (Lipinski definition) is 1. The number of hydrogen-bond donors (Lipinski definition) is 1. The maximum absolute atomic E-state index is 3.62. The normalized spacial score (nSPS) is 12.6. The number of aryl methyl sites for hydroxylation is 2. The zero-order valence-corrected chi connectivity index (χ0v) is 11.6. The van der Waals surface area contributed by atoms with E-state index < -0.39 is 0 Å². The van der Waals surface area contributed by atoms with E-state index in [0.29, 0.717) is 6.04 Å². The van der Waals surface area contributed by atoms with Crippen molar-refractivity contribution in [1.29, 1.82) is 0 Å². The van der Waals surface area contributed by atoms with Crippen molar-refractivity contribution in [3.63, 3.8) is 0 Å². The standard InChI is InChI=1S/C13H20BrN/c1-5-6-11(4)15-13-10(3)7-9(2)8-12(13)14/h7-8,11,15H,5-6H2,1-4H3. The number of anilines is 1. The highest BCUT2D eigenvalue weighted by molar-refractivity contribution is 9.10. The topological polar surface area (TPSA) is 12.0 Å². The van der Waals surface area contributed by atoms with Gasteiger partial charge in [0.1, 0.15) is 0 Å². The maximum atomic E-state index is 3.62. The van der Waals surface area contributed by atoms with Crippen molar-refractivity contribution < 1.29 is 0 Å². The van der Waals surface area contributed by atoms with Crippen LogP contribution in [0.3, 0.4) is 0 Å². The van der Waals surface area contributed by atoms with Crippen LogP contribution >= 0.6 is 15.9 Å². The fourth-order valence-corrected chi connectivity index (χ4v) is 2.64. The van der Waals surface area contributed by atoms with E-state index in [9.17, 15) is 0 Å². The molecule has 2 heteroatoms. The highest BCUT2D eigenvalue weighted by atomic mass is 79.9. The Morgan fingerprint density at radius 1 is 1.33 bits per heavy atom. The second-order valence-electron chi connectivity index (χ2n) is 4.27. The van der Waals surface area contributed by atoms with Crippen LogP contribution in [-0.2, 0) is 0 Å². The quantitative estimate of drug-likeness (QED) is 0.838. The van der Waals surface area contributed by atoms with Gasteiger partial charge in [-0.15, -0.1) is 0 Å². The van der Waals surface area contributed by atoms with Gasteiger partial charge in [-0.1, -0.05) is 19.4 Å². The van der Waals surface area contributed by atoms with Gasteiger partial charge in [-0.05, 0) is 60.3 Å². The smallest absolute Gasteiger partial charge is 0.0516 e. The second-order valence-corrected chi connectivity index (χ2v) is 5.13. The molecule has 0 aliphatic carbocycles. The van der Waals surface area contributed by atoms with Crippen LogP contribution in [0.4, 0.5) is 5.69 Å². The van der Waals surface area contributed by atoms with Crippen LogP contribution in [0.1, 0.15) is 37.8 Å². The monoisotopic (exact) mass is 269 g/mol. The first-order chi connectivity index (χ1) is 7.04. The highest BCUT2D eigenvalue weighted by Crippen LogP contribution is 2.28. The van der Waals surface area contributed by atoms with Crippen LogP contribution in [-0.4, -0.2) is 6.04 Å². The van der Waals surface area contributed by atoms with E-state index in [1.165, 1.54) is 34.1 Å². The molecule has 1 rings (SSSR count). The average Bonchev–Trinajstić information content (AvgIpc) is 2.11. The lowest BCUT2D eigenvalue weighted by Crippen LogP contribution is -2.15. The van der Waals surface area contributed by atoms with Crippen molar-refractivity contribution in [3.05, 3.63) is 27.7 Å². The summed E-state index contributed by atoms with van der Waals surface area (Å²) in [4.78, 5) is 0. The minimum Gasteiger partial charge on any atom is -0.381 e. The van der Waals surface area contributed by atoms with Crippen molar-refractivity contribution in [2.75, 3.05) is 5.32 Å². The van der Waals surface area contributed by atoms with Gasteiger partial charge in [0.15, 0.2) is 0 Å². The van der Waals surface area contributed by atoms with E-state index in [0.717, 1.165) is 0 Å². The molecular weight excluding hydrogens is 250 g/mol. The van der Waals surface area contributed by atoms with Crippen molar-refractivity contribution >= 4 is 21.6 Å². The first-order valence-corrected chi connectivity index (χ1v) is 6.37. The molecule has 0 bridgehead atoms. The second kappa shape index (κ2) is 5.55. The van der Waals surface area contributed by atoms with Gasteiger partial charge in [-0.3, -0.25) is 0 Å². The Kier molecular flexibility index (Phi) is 4.65. The molecule has 1 aromatic rings. The third-order valence-corrected chi connectivity index (χ3v) is 3.17. The Labute approximate surface area is 101 Å². The molecule has 1 aromatic carbocycles. The van der Waals surface area contributed by atoms with Crippen molar-refractivity contribution in [3.8, 4) is 0 Å². The minimum atomic E-state index is 0.535. The molecule has 0 radical (unpaired) electrons. The summed E-state index contributed by atoms with van der Waals surface area (Å²) in [5, 5.41) is 3.56. The number of nitrogens with one attached hydrogen (secondary N) is 1. The van der Waals surface area contributed by atoms with Gasteiger partial charge in [-0.2, -0.15) is 0 Å². The molecule has 0 fully saturated rings. The van der Waals surface area contributed by atoms with Gasteiger partial charge in [0.05, 0.1) is 5.69 Å². The van der Waals surface area contributed by atoms with E-state index in [1.807, 2.05) is 0 Å². The van der Waals surface area contributed by atoms with Gasteiger partial charge in [0.25, 0.3) is 0 Å². The molecule has 0 saturated heterocycles. The lowest BCUT2D eigenvalue weighted by atomic mass is 10.1. The molecule has 0 amide bonds. The van der Waals surface area contributed by atoms with Crippen LogP contribution in [0.15, 0.2) is 16.6 Å². The molecule has 1 nitrogen and oxygen atoms in total. The Balaban J connectivity index is 2.85. The zero-order valence-electron chi connectivity index (χ0n) is 10.0. The van der Waals surface area contributed by atoms with Crippen LogP contribution in [0, 0.1) is 13.8 Å². The molecule has 0 aromatic heterocycles. The lowest BCUT2D eigenvalue weighted by Gasteiger charge is -2.18. The fraction of sp³-hybridized carbons (Fsp3) is 0.538. The first kappa shape index (κ1) is 12.6. The van der Waals surface area contributed by atoms with E-state index in [-0.39, 0.29) is 0 Å². The molecular formula is C13H20BrN. The Bertz CT molecular complexity index is 310. The summed E-state index contributed by atoms with van der Waals surface area (Å²) >= 11 is 3.62. The van der Waals surface area contributed by atoms with Crippen LogP contribution < -0.4 is 5.32 Å². The molecule has 1 atom stereocenters. The van der Waals surface area contributed by atoms with Gasteiger partial charge in [0.2, 0.25) is 0 Å². The van der Waals surface area contributed by atoms with Crippen molar-refractivity contribution in [2.24, 2.45) is 0 Å². The molecule has 0 aliphatic rings. The Morgan fingerprint density at radius 2 is 2.00 bits per heavy atom. The van der Waals surface area contributed by atoms with Crippen LogP contribution in [0.2, 0.25) is 0 Å². The summed E-state index contributed by atoms with van der Waals surface area (Å²) in [7, 11) is 0. The fourth-order valence-electron chi connectivity index (χ4n) is 1.85. The van der Waals surface area contributed by atoms with Crippen LogP contribution in [0.25, 0.3) is 0 Å². The number of benzene rings is 1. The molecule has 0 heterocycles. The number of rotatable bonds is 4. The third kappa shape index (κ3) is 3.53. The van der Waals surface area contributed by atoms with Gasteiger partial charge in [-0.25, -0.2) is 0 Å². The molecule has 1 unspecified atom stereocenters. The molecule has 15 heavy (non-hydrogen) atoms. The van der Waals surface area contributed by atoms with Crippen molar-refractivity contribution in [2.45, 2.75) is 46.6 Å². The largest absolute Gasteiger partial charge is 0.381 e. The van der Waals surface area contributed by atoms with E-state index in [1.54, 1.807) is 0 Å². The van der Waals surface area contributed by atoms with Gasteiger partial charge >= 0.3 is 0 Å². The SMILES string of the molecule is CCCC(C)Nc1c(C)cc(C)cc1Br. The molecule has 84 valence electrons. The molecule has 0 aliphatic heterocycles. The molecule has 0 saturated carbocycles. The zero-order chi connectivity index (χ0) is 11.4. The predicted octanol–water partition coefficient (Wildman–Crippen LogP) is 4.67. The highest BCUT2D eigenvalue weighted by Gasteiger charge is 2.07. The lowest BCUT2D eigenvalue weighted by molar-refractivity contribution is 0.689. The average molecular weight is 270 g/mol.